The van der Waals surface area contributed by atoms with Crippen LogP contribution in [0, 0.1) is 11.7 Å². The van der Waals surface area contributed by atoms with Crippen LogP contribution in [0.25, 0.3) is 0 Å². The molecule has 0 aromatic heterocycles. The molecule has 0 saturated heterocycles. The monoisotopic (exact) mass is 265 g/mol. The Kier molecular flexibility index (Phi) is 4.91. The highest BCUT2D eigenvalue weighted by Gasteiger charge is 2.23. The molecule has 1 N–H and O–H groups in total. The number of benzene rings is 1. The predicted octanol–water partition coefficient (Wildman–Crippen LogP) is 2.82. The zero-order valence-corrected chi connectivity index (χ0v) is 11.2. The molecular weight excluding hydrogens is 245 g/mol. The summed E-state index contributed by atoms with van der Waals surface area (Å²) in [6.07, 6.45) is 3.92. The number of hydrogen-bond donors (Lipinski definition) is 1. The van der Waals surface area contributed by atoms with Gasteiger partial charge in [0, 0.05) is 19.6 Å². The molecular formula is C15H20FNO2. The molecule has 3 nitrogen and oxygen atoms in total. The highest BCUT2D eigenvalue weighted by molar-refractivity contribution is 5.78. The van der Waals surface area contributed by atoms with E-state index in [0.29, 0.717) is 6.54 Å². The lowest BCUT2D eigenvalue weighted by Gasteiger charge is -2.18. The van der Waals surface area contributed by atoms with E-state index in [1.807, 2.05) is 0 Å². The molecule has 1 fully saturated rings. The van der Waals surface area contributed by atoms with Crippen LogP contribution in [-0.2, 0) is 9.53 Å². The Morgan fingerprint density at radius 2 is 2.21 bits per heavy atom. The lowest BCUT2D eigenvalue weighted by Crippen LogP contribution is -2.33. The molecule has 19 heavy (non-hydrogen) atoms. The van der Waals surface area contributed by atoms with Crippen LogP contribution in [-0.4, -0.2) is 19.6 Å². The molecule has 1 aliphatic carbocycles. The number of amides is 1. The van der Waals surface area contributed by atoms with E-state index < -0.39 is 0 Å². The minimum absolute atomic E-state index is 0.0935. The van der Waals surface area contributed by atoms with Gasteiger partial charge in [0.2, 0.25) is 5.91 Å². The van der Waals surface area contributed by atoms with Crippen LogP contribution >= 0.6 is 0 Å². The van der Waals surface area contributed by atoms with Gasteiger partial charge >= 0.3 is 0 Å². The van der Waals surface area contributed by atoms with Crippen molar-refractivity contribution in [3.8, 4) is 0 Å². The third-order valence-electron chi connectivity index (χ3n) is 3.69. The number of ether oxygens (including phenoxy) is 1. The van der Waals surface area contributed by atoms with Crippen molar-refractivity contribution in [3.05, 3.63) is 35.6 Å². The van der Waals surface area contributed by atoms with Gasteiger partial charge in [-0.2, -0.15) is 0 Å². The minimum atomic E-state index is -0.305. The van der Waals surface area contributed by atoms with Crippen molar-refractivity contribution in [1.82, 2.24) is 5.32 Å². The summed E-state index contributed by atoms with van der Waals surface area (Å²) in [7, 11) is 1.57. The molecule has 2 rings (SSSR count). The Hall–Kier alpha value is -1.42. The maximum absolute atomic E-state index is 13.2. The third kappa shape index (κ3) is 3.77. The first-order valence-electron chi connectivity index (χ1n) is 6.76. The lowest BCUT2D eigenvalue weighted by atomic mass is 10.1. The quantitative estimate of drug-likeness (QED) is 0.889. The van der Waals surface area contributed by atoms with Crippen LogP contribution in [0.15, 0.2) is 24.3 Å². The van der Waals surface area contributed by atoms with Gasteiger partial charge in [0.25, 0.3) is 0 Å². The fourth-order valence-corrected chi connectivity index (χ4v) is 2.57. The first-order valence-corrected chi connectivity index (χ1v) is 6.76. The molecule has 0 spiro atoms. The van der Waals surface area contributed by atoms with Gasteiger partial charge < -0.3 is 10.1 Å². The number of nitrogens with one attached hydrogen (secondary N) is 1. The van der Waals surface area contributed by atoms with E-state index in [1.54, 1.807) is 19.2 Å². The van der Waals surface area contributed by atoms with Gasteiger partial charge in [0.1, 0.15) is 5.82 Å². The summed E-state index contributed by atoms with van der Waals surface area (Å²) in [6.45, 7) is 0.384. The number of hydrogen-bond acceptors (Lipinski definition) is 2. The SMILES string of the molecule is COC(CNC(=O)C1CCCC1)c1cccc(F)c1. The number of carbonyl (C=O) groups is 1. The summed E-state index contributed by atoms with van der Waals surface area (Å²) in [5.41, 5.74) is 0.745. The fraction of sp³-hybridized carbons (Fsp3) is 0.533. The molecule has 0 bridgehead atoms. The van der Waals surface area contributed by atoms with E-state index in [-0.39, 0.29) is 23.7 Å². The molecule has 1 aromatic rings. The average molecular weight is 265 g/mol. The maximum Gasteiger partial charge on any atom is 0.223 e. The van der Waals surface area contributed by atoms with E-state index >= 15 is 0 Å². The van der Waals surface area contributed by atoms with Gasteiger partial charge in [0.15, 0.2) is 0 Å². The van der Waals surface area contributed by atoms with Gasteiger partial charge in [-0.3, -0.25) is 4.79 Å². The van der Waals surface area contributed by atoms with Crippen molar-refractivity contribution in [2.24, 2.45) is 5.92 Å². The van der Waals surface area contributed by atoms with Crippen LogP contribution in [0.5, 0.6) is 0 Å². The minimum Gasteiger partial charge on any atom is -0.375 e. The summed E-state index contributed by atoms with van der Waals surface area (Å²) in [4.78, 5) is 11.9. The number of rotatable bonds is 5. The van der Waals surface area contributed by atoms with Crippen LogP contribution in [0.2, 0.25) is 0 Å². The predicted molar refractivity (Wildman–Crippen MR) is 71.1 cm³/mol. The van der Waals surface area contributed by atoms with Crippen molar-refractivity contribution >= 4 is 5.91 Å². The molecule has 4 heteroatoms. The van der Waals surface area contributed by atoms with Crippen molar-refractivity contribution in [1.29, 1.82) is 0 Å². The molecule has 1 unspecified atom stereocenters. The van der Waals surface area contributed by atoms with Crippen molar-refractivity contribution in [2.75, 3.05) is 13.7 Å². The van der Waals surface area contributed by atoms with Gasteiger partial charge in [-0.05, 0) is 30.5 Å². The molecule has 1 aliphatic rings. The van der Waals surface area contributed by atoms with Gasteiger partial charge in [-0.25, -0.2) is 4.39 Å². The van der Waals surface area contributed by atoms with E-state index in [4.69, 9.17) is 4.74 Å². The van der Waals surface area contributed by atoms with Crippen molar-refractivity contribution < 1.29 is 13.9 Å². The first kappa shape index (κ1) is 14.0. The highest BCUT2D eigenvalue weighted by Crippen LogP contribution is 2.25. The topological polar surface area (TPSA) is 38.3 Å². The standard InChI is InChI=1S/C15H20FNO2/c1-19-14(12-7-4-8-13(16)9-12)10-17-15(18)11-5-2-3-6-11/h4,7-9,11,14H,2-3,5-6,10H2,1H3,(H,17,18). The van der Waals surface area contributed by atoms with E-state index in [0.717, 1.165) is 31.2 Å². The Morgan fingerprint density at radius 3 is 2.84 bits per heavy atom. The maximum atomic E-state index is 13.2. The molecule has 104 valence electrons. The highest BCUT2D eigenvalue weighted by atomic mass is 19.1. The van der Waals surface area contributed by atoms with Gasteiger partial charge in [0.05, 0.1) is 6.10 Å². The molecule has 1 saturated carbocycles. The van der Waals surface area contributed by atoms with E-state index in [2.05, 4.69) is 5.32 Å². The summed E-state index contributed by atoms with van der Waals surface area (Å²) < 4.78 is 18.5. The molecule has 0 heterocycles. The molecule has 0 radical (unpaired) electrons. The normalized spacial score (nSPS) is 17.4. The zero-order valence-electron chi connectivity index (χ0n) is 11.2. The fourth-order valence-electron chi connectivity index (χ4n) is 2.57. The Balaban J connectivity index is 1.90. The van der Waals surface area contributed by atoms with Crippen molar-refractivity contribution in [3.63, 3.8) is 0 Å². The smallest absolute Gasteiger partial charge is 0.223 e. The second-order valence-electron chi connectivity index (χ2n) is 5.01. The van der Waals surface area contributed by atoms with E-state index in [9.17, 15) is 9.18 Å². The van der Waals surface area contributed by atoms with Crippen LogP contribution in [0.1, 0.15) is 37.4 Å². The van der Waals surface area contributed by atoms with Crippen LogP contribution < -0.4 is 5.32 Å². The summed E-state index contributed by atoms with van der Waals surface area (Å²) >= 11 is 0. The van der Waals surface area contributed by atoms with Crippen LogP contribution in [0.4, 0.5) is 4.39 Å². The zero-order chi connectivity index (χ0) is 13.7. The molecule has 0 aliphatic heterocycles. The lowest BCUT2D eigenvalue weighted by molar-refractivity contribution is -0.125. The number of halogens is 1. The Labute approximate surface area is 113 Å². The molecule has 1 amide bonds. The second kappa shape index (κ2) is 6.66. The second-order valence-corrected chi connectivity index (χ2v) is 5.01. The van der Waals surface area contributed by atoms with Crippen molar-refractivity contribution in [2.45, 2.75) is 31.8 Å². The average Bonchev–Trinajstić information content (AvgIpc) is 2.93. The Morgan fingerprint density at radius 1 is 1.47 bits per heavy atom. The number of methoxy groups -OCH3 is 1. The summed E-state index contributed by atoms with van der Waals surface area (Å²) in [6, 6.07) is 6.29. The first-order chi connectivity index (χ1) is 9.20. The largest absolute Gasteiger partial charge is 0.375 e. The number of carbonyl (C=O) groups excluding carboxylic acids is 1. The Bertz CT molecular complexity index is 430. The molecule has 1 atom stereocenters. The summed E-state index contributed by atoms with van der Waals surface area (Å²) in [5, 5.41) is 2.91. The third-order valence-corrected chi connectivity index (χ3v) is 3.69. The molecule has 1 aromatic carbocycles. The van der Waals surface area contributed by atoms with Crippen LogP contribution in [0.3, 0.4) is 0 Å². The van der Waals surface area contributed by atoms with Gasteiger partial charge in [-0.15, -0.1) is 0 Å². The van der Waals surface area contributed by atoms with E-state index in [1.165, 1.54) is 12.1 Å². The summed E-state index contributed by atoms with van der Waals surface area (Å²) in [5.74, 6) is -0.0531. The van der Waals surface area contributed by atoms with Gasteiger partial charge in [-0.1, -0.05) is 25.0 Å².